The molecule has 3 aromatic rings. The topological polar surface area (TPSA) is 65.4 Å². The molecule has 6 nitrogen and oxygen atoms in total. The second-order valence-electron chi connectivity index (χ2n) is 6.82. The molecule has 0 aliphatic carbocycles. The Morgan fingerprint density at radius 2 is 2.07 bits per heavy atom. The highest BCUT2D eigenvalue weighted by molar-refractivity contribution is 7.13. The summed E-state index contributed by atoms with van der Waals surface area (Å²) in [6.07, 6.45) is 3.35. The molecule has 1 atom stereocenters. The lowest BCUT2D eigenvalue weighted by Crippen LogP contribution is -2.38. The molecule has 1 aliphatic heterocycles. The van der Waals surface area contributed by atoms with Crippen molar-refractivity contribution in [3.8, 4) is 10.6 Å². The summed E-state index contributed by atoms with van der Waals surface area (Å²) in [5, 5.41) is 13.0. The van der Waals surface area contributed by atoms with Gasteiger partial charge in [-0.25, -0.2) is 9.97 Å². The first-order chi connectivity index (χ1) is 13.2. The average molecular weight is 382 g/mol. The van der Waals surface area contributed by atoms with Gasteiger partial charge in [-0.05, 0) is 18.9 Å². The first-order valence-corrected chi connectivity index (χ1v) is 10.0. The Kier molecular flexibility index (Phi) is 5.31. The van der Waals surface area contributed by atoms with Crippen molar-refractivity contribution in [3.05, 3.63) is 53.7 Å². The van der Waals surface area contributed by atoms with Gasteiger partial charge in [-0.2, -0.15) is 4.98 Å². The summed E-state index contributed by atoms with van der Waals surface area (Å²) in [6, 6.07) is 12.1. The number of benzene rings is 1. The fourth-order valence-corrected chi connectivity index (χ4v) is 4.09. The van der Waals surface area contributed by atoms with Gasteiger partial charge in [0.25, 0.3) is 0 Å². The molecule has 140 valence electrons. The maximum atomic E-state index is 9.91. The van der Waals surface area contributed by atoms with Crippen LogP contribution in [-0.2, 0) is 6.54 Å². The van der Waals surface area contributed by atoms with Crippen molar-refractivity contribution in [1.82, 2.24) is 15.0 Å². The number of thiazole rings is 1. The van der Waals surface area contributed by atoms with Crippen LogP contribution < -0.4 is 9.80 Å². The predicted octanol–water partition coefficient (Wildman–Crippen LogP) is 3.20. The summed E-state index contributed by atoms with van der Waals surface area (Å²) >= 11 is 1.65. The number of aliphatic hydroxyl groups is 1. The van der Waals surface area contributed by atoms with Gasteiger partial charge in [-0.15, -0.1) is 11.3 Å². The summed E-state index contributed by atoms with van der Waals surface area (Å²) in [4.78, 5) is 18.0. The molecule has 0 amide bonds. The molecule has 3 heterocycles. The third kappa shape index (κ3) is 4.26. The Hall–Kier alpha value is -2.51. The molecule has 2 aromatic heterocycles. The van der Waals surface area contributed by atoms with Crippen LogP contribution in [0.5, 0.6) is 0 Å². The molecule has 1 N–H and O–H groups in total. The smallest absolute Gasteiger partial charge is 0.227 e. The van der Waals surface area contributed by atoms with Crippen LogP contribution in [0.2, 0.25) is 0 Å². The predicted molar refractivity (Wildman–Crippen MR) is 109 cm³/mol. The maximum absolute atomic E-state index is 9.91. The fourth-order valence-electron chi connectivity index (χ4n) is 3.27. The maximum Gasteiger partial charge on any atom is 0.227 e. The van der Waals surface area contributed by atoms with E-state index in [0.29, 0.717) is 19.0 Å². The van der Waals surface area contributed by atoms with Crippen LogP contribution in [0.15, 0.2) is 48.0 Å². The molecule has 1 aromatic carbocycles. The molecule has 1 saturated heterocycles. The summed E-state index contributed by atoms with van der Waals surface area (Å²) in [5.74, 6) is 1.54. The number of β-amino-alcohol motifs (C(OH)–C–C–N with tert-alkyl or cyclic N) is 1. The number of piperidine rings is 1. The second-order valence-corrected chi connectivity index (χ2v) is 7.68. The van der Waals surface area contributed by atoms with E-state index < -0.39 is 0 Å². The van der Waals surface area contributed by atoms with Gasteiger partial charge in [0.15, 0.2) is 0 Å². The van der Waals surface area contributed by atoms with E-state index in [2.05, 4.69) is 27.4 Å². The highest BCUT2D eigenvalue weighted by atomic mass is 32.1. The molecule has 0 saturated carbocycles. The number of aliphatic hydroxyl groups excluding tert-OH is 1. The lowest BCUT2D eigenvalue weighted by Gasteiger charge is -2.31. The van der Waals surface area contributed by atoms with E-state index in [4.69, 9.17) is 9.97 Å². The van der Waals surface area contributed by atoms with E-state index >= 15 is 0 Å². The summed E-state index contributed by atoms with van der Waals surface area (Å²) in [6.45, 7) is 2.20. The Labute approximate surface area is 163 Å². The van der Waals surface area contributed by atoms with Crippen molar-refractivity contribution >= 4 is 23.1 Å². The molecule has 4 rings (SSSR count). The highest BCUT2D eigenvalue weighted by Crippen LogP contribution is 2.25. The Balaban J connectivity index is 1.46. The average Bonchev–Trinajstić information content (AvgIpc) is 3.17. The number of rotatable bonds is 5. The lowest BCUT2D eigenvalue weighted by molar-refractivity contribution is 0.154. The molecular weight excluding hydrogens is 358 g/mol. The van der Waals surface area contributed by atoms with Gasteiger partial charge in [0.2, 0.25) is 5.95 Å². The van der Waals surface area contributed by atoms with Gasteiger partial charge in [0.1, 0.15) is 10.8 Å². The van der Waals surface area contributed by atoms with E-state index in [1.165, 1.54) is 0 Å². The summed E-state index contributed by atoms with van der Waals surface area (Å²) in [5.41, 5.74) is 2.14. The van der Waals surface area contributed by atoms with Crippen LogP contribution >= 0.6 is 11.3 Å². The third-order valence-electron chi connectivity index (χ3n) is 4.66. The van der Waals surface area contributed by atoms with E-state index in [1.807, 2.05) is 36.2 Å². The van der Waals surface area contributed by atoms with Crippen LogP contribution in [0.25, 0.3) is 10.6 Å². The summed E-state index contributed by atoms with van der Waals surface area (Å²) in [7, 11) is 1.98. The molecule has 1 fully saturated rings. The van der Waals surface area contributed by atoms with Crippen LogP contribution in [0, 0.1) is 0 Å². The minimum Gasteiger partial charge on any atom is -0.391 e. The van der Waals surface area contributed by atoms with Crippen molar-refractivity contribution in [2.45, 2.75) is 25.5 Å². The van der Waals surface area contributed by atoms with Crippen molar-refractivity contribution in [2.75, 3.05) is 29.9 Å². The highest BCUT2D eigenvalue weighted by Gasteiger charge is 2.20. The quantitative estimate of drug-likeness (QED) is 0.732. The van der Waals surface area contributed by atoms with E-state index in [1.54, 1.807) is 17.5 Å². The van der Waals surface area contributed by atoms with Crippen molar-refractivity contribution in [3.63, 3.8) is 0 Å². The number of aromatic nitrogens is 3. The number of anilines is 2. The Morgan fingerprint density at radius 1 is 1.22 bits per heavy atom. The Bertz CT molecular complexity index is 885. The van der Waals surface area contributed by atoms with Gasteiger partial charge >= 0.3 is 0 Å². The minimum atomic E-state index is -0.277. The minimum absolute atomic E-state index is 0.277. The van der Waals surface area contributed by atoms with Gasteiger partial charge in [-0.1, -0.05) is 30.3 Å². The van der Waals surface area contributed by atoms with Gasteiger partial charge in [0.05, 0.1) is 18.3 Å². The second kappa shape index (κ2) is 8.02. The zero-order chi connectivity index (χ0) is 18.6. The first-order valence-electron chi connectivity index (χ1n) is 9.16. The molecule has 1 unspecified atom stereocenters. The fraction of sp³-hybridized carbons (Fsp3) is 0.350. The van der Waals surface area contributed by atoms with Gasteiger partial charge in [0, 0.05) is 37.3 Å². The van der Waals surface area contributed by atoms with Crippen LogP contribution in [-0.4, -0.2) is 46.3 Å². The SMILES string of the molecule is CN(Cc1csc(-c2ccccc2)n1)c1nccc(N2CCCC(O)C2)n1. The Morgan fingerprint density at radius 3 is 2.89 bits per heavy atom. The zero-order valence-corrected chi connectivity index (χ0v) is 16.1. The van der Waals surface area contributed by atoms with Crippen molar-refractivity contribution < 1.29 is 5.11 Å². The molecular formula is C20H23N5OS. The zero-order valence-electron chi connectivity index (χ0n) is 15.3. The van der Waals surface area contributed by atoms with E-state index in [9.17, 15) is 5.11 Å². The van der Waals surface area contributed by atoms with Crippen LogP contribution in [0.4, 0.5) is 11.8 Å². The normalized spacial score (nSPS) is 17.1. The molecule has 27 heavy (non-hydrogen) atoms. The third-order valence-corrected chi connectivity index (χ3v) is 5.60. The molecule has 0 bridgehead atoms. The standard InChI is InChI=1S/C20H23N5OS/c1-24(12-16-14-27-19(22-16)15-6-3-2-4-7-15)20-21-10-9-18(23-20)25-11-5-8-17(26)13-25/h2-4,6-7,9-10,14,17,26H,5,8,11-13H2,1H3. The van der Waals surface area contributed by atoms with Crippen LogP contribution in [0.1, 0.15) is 18.5 Å². The number of hydrogen-bond acceptors (Lipinski definition) is 7. The van der Waals surface area contributed by atoms with Crippen molar-refractivity contribution in [1.29, 1.82) is 0 Å². The van der Waals surface area contributed by atoms with Gasteiger partial charge < -0.3 is 14.9 Å². The molecule has 1 aliphatic rings. The first kappa shape index (κ1) is 17.9. The van der Waals surface area contributed by atoms with Crippen molar-refractivity contribution in [2.24, 2.45) is 0 Å². The van der Waals surface area contributed by atoms with Gasteiger partial charge in [-0.3, -0.25) is 0 Å². The molecule has 0 radical (unpaired) electrons. The van der Waals surface area contributed by atoms with E-state index in [-0.39, 0.29) is 6.10 Å². The van der Waals surface area contributed by atoms with Crippen LogP contribution in [0.3, 0.4) is 0 Å². The number of hydrogen-bond donors (Lipinski definition) is 1. The molecule has 7 heteroatoms. The monoisotopic (exact) mass is 381 g/mol. The number of nitrogens with zero attached hydrogens (tertiary/aromatic N) is 5. The molecule has 0 spiro atoms. The lowest BCUT2D eigenvalue weighted by atomic mass is 10.1. The van der Waals surface area contributed by atoms with E-state index in [0.717, 1.165) is 41.5 Å². The largest absolute Gasteiger partial charge is 0.391 e. The summed E-state index contributed by atoms with van der Waals surface area (Å²) < 4.78 is 0.